The van der Waals surface area contributed by atoms with Gasteiger partial charge in [-0.15, -0.1) is 0 Å². The van der Waals surface area contributed by atoms with Crippen molar-refractivity contribution in [3.63, 3.8) is 0 Å². The predicted octanol–water partition coefficient (Wildman–Crippen LogP) is 2.42. The molecule has 0 aliphatic carbocycles. The van der Waals surface area contributed by atoms with Gasteiger partial charge in [0.15, 0.2) is 0 Å². The van der Waals surface area contributed by atoms with Crippen LogP contribution in [0.25, 0.3) is 0 Å². The van der Waals surface area contributed by atoms with E-state index in [0.29, 0.717) is 0 Å². The minimum absolute atomic E-state index is 0.00926. The highest BCUT2D eigenvalue weighted by atomic mass is 19.2. The molecule has 42 valence electrons. The van der Waals surface area contributed by atoms with Crippen LogP contribution in [0, 0.1) is 5.92 Å². The van der Waals surface area contributed by atoms with Gasteiger partial charge in [-0.2, -0.15) is 0 Å². The van der Waals surface area contributed by atoms with Gasteiger partial charge in [-0.05, 0) is 0 Å². The molecule has 0 unspecified atom stereocenters. The van der Waals surface area contributed by atoms with Crippen molar-refractivity contribution in [2.45, 2.75) is 13.8 Å². The second-order valence-electron chi connectivity index (χ2n) is 1.65. The Morgan fingerprint density at radius 2 is 2.00 bits per heavy atom. The molecule has 0 bridgehead atoms. The van der Waals surface area contributed by atoms with Crippen molar-refractivity contribution in [1.29, 1.82) is 0 Å². The molecule has 0 aliphatic heterocycles. The molecule has 0 aromatic heterocycles. The lowest BCUT2D eigenvalue weighted by atomic mass is 10.2. The molecule has 0 heterocycles. The molecule has 0 saturated heterocycles. The third kappa shape index (κ3) is 2.31. The molecular formula is C5H8F2. The van der Waals surface area contributed by atoms with E-state index in [2.05, 4.69) is 0 Å². The lowest BCUT2D eigenvalue weighted by molar-refractivity contribution is 0.490. The van der Waals surface area contributed by atoms with Crippen molar-refractivity contribution in [2.24, 2.45) is 5.92 Å². The van der Waals surface area contributed by atoms with E-state index < -0.39 is 5.83 Å². The van der Waals surface area contributed by atoms with Crippen LogP contribution in [-0.4, -0.2) is 0 Å². The maximum Gasteiger partial charge on any atom is 0.131 e. The summed E-state index contributed by atoms with van der Waals surface area (Å²) in [6.07, 6.45) is -0.00926. The van der Waals surface area contributed by atoms with Gasteiger partial charge in [0.2, 0.25) is 0 Å². The summed E-state index contributed by atoms with van der Waals surface area (Å²) in [6, 6.07) is 0. The maximum atomic E-state index is 11.7. The summed E-state index contributed by atoms with van der Waals surface area (Å²) >= 11 is 0. The van der Waals surface area contributed by atoms with Crippen molar-refractivity contribution >= 4 is 0 Å². The zero-order valence-corrected chi connectivity index (χ0v) is 4.41. The second-order valence-corrected chi connectivity index (χ2v) is 1.65. The van der Waals surface area contributed by atoms with Crippen molar-refractivity contribution in [2.75, 3.05) is 0 Å². The zero-order valence-electron chi connectivity index (χ0n) is 4.41. The van der Waals surface area contributed by atoms with Crippen LogP contribution in [0.4, 0.5) is 8.78 Å². The molecule has 0 aromatic rings. The number of halogens is 2. The van der Waals surface area contributed by atoms with Gasteiger partial charge in [0.25, 0.3) is 0 Å². The normalized spacial score (nSPS) is 13.0. The first-order valence-electron chi connectivity index (χ1n) is 2.14. The zero-order chi connectivity index (χ0) is 5.86. The van der Waals surface area contributed by atoms with Gasteiger partial charge in [0.05, 0.1) is 0 Å². The Hall–Kier alpha value is -0.400. The van der Waals surface area contributed by atoms with Crippen LogP contribution in [0.2, 0.25) is 0 Å². The monoisotopic (exact) mass is 106 g/mol. The summed E-state index contributed by atoms with van der Waals surface area (Å²) in [5.74, 6) is -1.01. The van der Waals surface area contributed by atoms with Gasteiger partial charge in [0.1, 0.15) is 12.2 Å². The Kier molecular flexibility index (Phi) is 2.56. The number of allylic oxidation sites excluding steroid dienone is 1. The van der Waals surface area contributed by atoms with Crippen LogP contribution >= 0.6 is 0 Å². The third-order valence-corrected chi connectivity index (χ3v) is 0.656. The topological polar surface area (TPSA) is 0 Å². The Morgan fingerprint density at radius 1 is 1.57 bits per heavy atom. The highest BCUT2D eigenvalue weighted by Crippen LogP contribution is 2.09. The van der Waals surface area contributed by atoms with E-state index in [0.717, 1.165) is 0 Å². The number of hydrogen-bond donors (Lipinski definition) is 0. The van der Waals surface area contributed by atoms with Gasteiger partial charge < -0.3 is 0 Å². The molecule has 0 fully saturated rings. The third-order valence-electron chi connectivity index (χ3n) is 0.656. The fourth-order valence-electron chi connectivity index (χ4n) is 0.126. The average molecular weight is 106 g/mol. The number of hydrogen-bond acceptors (Lipinski definition) is 0. The van der Waals surface area contributed by atoms with Crippen LogP contribution in [0.5, 0.6) is 0 Å². The van der Waals surface area contributed by atoms with Crippen molar-refractivity contribution in [3.05, 3.63) is 12.2 Å². The first-order valence-corrected chi connectivity index (χ1v) is 2.14. The molecule has 0 aromatic carbocycles. The van der Waals surface area contributed by atoms with E-state index in [1.165, 1.54) is 0 Å². The SMILES string of the molecule is CC(C)/C(F)=C/F. The first-order chi connectivity index (χ1) is 3.18. The lowest BCUT2D eigenvalue weighted by Gasteiger charge is -1.93. The molecule has 0 saturated carbocycles. The molecule has 2 heteroatoms. The van der Waals surface area contributed by atoms with Gasteiger partial charge >= 0.3 is 0 Å². The Bertz CT molecular complexity index is 74.1. The van der Waals surface area contributed by atoms with Gasteiger partial charge in [0, 0.05) is 5.92 Å². The second kappa shape index (κ2) is 2.72. The molecule has 0 radical (unpaired) electrons. The summed E-state index contributed by atoms with van der Waals surface area (Å²) in [5.41, 5.74) is 0. The molecule has 0 rings (SSSR count). The Labute approximate surface area is 41.8 Å². The van der Waals surface area contributed by atoms with Crippen molar-refractivity contribution in [3.8, 4) is 0 Å². The van der Waals surface area contributed by atoms with Crippen molar-refractivity contribution in [1.82, 2.24) is 0 Å². The fraction of sp³-hybridized carbons (Fsp3) is 0.600. The van der Waals surface area contributed by atoms with Gasteiger partial charge in [-0.25, -0.2) is 8.78 Å². The lowest BCUT2D eigenvalue weighted by Crippen LogP contribution is -1.83. The predicted molar refractivity (Wildman–Crippen MR) is 25.1 cm³/mol. The molecule has 7 heavy (non-hydrogen) atoms. The summed E-state index contributed by atoms with van der Waals surface area (Å²) in [6.45, 7) is 3.18. The first kappa shape index (κ1) is 6.60. The van der Waals surface area contributed by atoms with E-state index in [1.807, 2.05) is 0 Å². The summed E-state index contributed by atoms with van der Waals surface area (Å²) in [4.78, 5) is 0. The average Bonchev–Trinajstić information content (AvgIpc) is 1.65. The molecule has 0 aliphatic rings. The summed E-state index contributed by atoms with van der Waals surface area (Å²) in [7, 11) is 0. The van der Waals surface area contributed by atoms with Crippen LogP contribution in [0.3, 0.4) is 0 Å². The van der Waals surface area contributed by atoms with E-state index in [1.54, 1.807) is 13.8 Å². The van der Waals surface area contributed by atoms with Crippen LogP contribution in [0.1, 0.15) is 13.8 Å². The van der Waals surface area contributed by atoms with E-state index in [9.17, 15) is 8.78 Å². The van der Waals surface area contributed by atoms with Crippen LogP contribution in [0.15, 0.2) is 12.2 Å². The van der Waals surface area contributed by atoms with Crippen LogP contribution < -0.4 is 0 Å². The molecule has 0 amide bonds. The van der Waals surface area contributed by atoms with Crippen molar-refractivity contribution < 1.29 is 8.78 Å². The van der Waals surface area contributed by atoms with Gasteiger partial charge in [-0.3, -0.25) is 0 Å². The molecule has 0 nitrogen and oxygen atoms in total. The van der Waals surface area contributed by atoms with Crippen LogP contribution in [-0.2, 0) is 0 Å². The minimum atomic E-state index is -0.694. The highest BCUT2D eigenvalue weighted by Gasteiger charge is 1.97. The molecule has 0 atom stereocenters. The molecule has 0 spiro atoms. The van der Waals surface area contributed by atoms with Gasteiger partial charge in [-0.1, -0.05) is 13.8 Å². The smallest absolute Gasteiger partial charge is 0.131 e. The van der Waals surface area contributed by atoms with E-state index >= 15 is 0 Å². The number of rotatable bonds is 1. The molecular weight excluding hydrogens is 98.1 g/mol. The Morgan fingerprint density at radius 3 is 2.00 bits per heavy atom. The standard InChI is InChI=1S/C5H8F2/c1-4(2)5(7)3-6/h3-4H,1-2H3/b5-3-. The Balaban J connectivity index is 3.56. The quantitative estimate of drug-likeness (QED) is 0.481. The minimum Gasteiger partial charge on any atom is -0.213 e. The van der Waals surface area contributed by atoms with E-state index in [-0.39, 0.29) is 12.2 Å². The molecule has 0 N–H and O–H groups in total. The summed E-state index contributed by atoms with van der Waals surface area (Å²) < 4.78 is 22.8. The highest BCUT2D eigenvalue weighted by molar-refractivity contribution is 4.87. The fourth-order valence-corrected chi connectivity index (χ4v) is 0.126. The maximum absolute atomic E-state index is 11.7. The largest absolute Gasteiger partial charge is 0.213 e. The van der Waals surface area contributed by atoms with E-state index in [4.69, 9.17) is 0 Å². The summed E-state index contributed by atoms with van der Waals surface area (Å²) in [5, 5.41) is 0.